The number of rotatable bonds is 2. The molecule has 0 radical (unpaired) electrons. The molecule has 9 heavy (non-hydrogen) atoms. The molecule has 0 bridgehead atoms. The van der Waals surface area contributed by atoms with E-state index in [0.717, 1.165) is 0 Å². The summed E-state index contributed by atoms with van der Waals surface area (Å²) in [6.45, 7) is 1.29. The van der Waals surface area contributed by atoms with Crippen LogP contribution in [0.3, 0.4) is 0 Å². The summed E-state index contributed by atoms with van der Waals surface area (Å²) < 4.78 is 4.54. The molecule has 1 atom stereocenters. The van der Waals surface area contributed by atoms with Crippen LogP contribution in [0.25, 0.3) is 0 Å². The molecule has 0 aliphatic heterocycles. The largest absolute Gasteiger partial charge is 0.448 e. The molecule has 0 aromatic heterocycles. The lowest BCUT2D eigenvalue weighted by Gasteiger charge is -2.04. The van der Waals surface area contributed by atoms with Crippen molar-refractivity contribution in [1.29, 1.82) is 0 Å². The Morgan fingerprint density at radius 1 is 2.00 bits per heavy atom. The van der Waals surface area contributed by atoms with E-state index in [1.807, 2.05) is 0 Å². The Balaban J connectivity index is 3.60. The Hall–Kier alpha value is -0.680. The van der Waals surface area contributed by atoms with E-state index in [1.54, 1.807) is 0 Å². The van der Waals surface area contributed by atoms with Gasteiger partial charge in [-0.05, 0) is 0 Å². The Morgan fingerprint density at radius 3 is 2.67 bits per heavy atom. The van der Waals surface area contributed by atoms with Gasteiger partial charge in [0.25, 0.3) is 0 Å². The summed E-state index contributed by atoms with van der Waals surface area (Å²) in [5.41, 5.74) is 0. The van der Waals surface area contributed by atoms with Gasteiger partial charge < -0.3 is 4.74 Å². The van der Waals surface area contributed by atoms with Crippen LogP contribution in [-0.2, 0) is 9.53 Å². The van der Waals surface area contributed by atoms with Crippen LogP contribution in [0.15, 0.2) is 0 Å². The molecule has 0 aromatic rings. The molecule has 0 rings (SSSR count). The fourth-order valence-corrected chi connectivity index (χ4v) is 0.462. The van der Waals surface area contributed by atoms with Crippen LogP contribution in [0.5, 0.6) is 0 Å². The van der Waals surface area contributed by atoms with E-state index in [2.05, 4.69) is 10.7 Å². The lowest BCUT2D eigenvalue weighted by Crippen LogP contribution is -2.15. The van der Waals surface area contributed by atoms with Crippen LogP contribution in [0.4, 0.5) is 0 Å². The molecule has 0 aliphatic rings. The van der Waals surface area contributed by atoms with Crippen LogP contribution >= 0.6 is 11.6 Å². The zero-order valence-electron chi connectivity index (χ0n) is 5.06. The zero-order chi connectivity index (χ0) is 7.28. The molecule has 1 unspecified atom stereocenters. The highest BCUT2D eigenvalue weighted by Gasteiger charge is 2.04. The number of hydrogen-bond donors (Lipinski definition) is 0. The summed E-state index contributed by atoms with van der Waals surface area (Å²) in [6.07, 6.45) is 4.34. The van der Waals surface area contributed by atoms with Crippen molar-refractivity contribution in [3.05, 3.63) is 0 Å². The quantitative estimate of drug-likeness (QED) is 0.327. The van der Waals surface area contributed by atoms with E-state index in [-0.39, 0.29) is 5.88 Å². The number of terminal acetylenes is 1. The van der Waals surface area contributed by atoms with Gasteiger partial charge in [-0.2, -0.15) is 0 Å². The van der Waals surface area contributed by atoms with E-state index in [1.165, 1.54) is 6.92 Å². The van der Waals surface area contributed by atoms with Crippen molar-refractivity contribution >= 4 is 17.6 Å². The van der Waals surface area contributed by atoms with E-state index in [4.69, 9.17) is 18.0 Å². The maximum Gasteiger partial charge on any atom is 0.303 e. The maximum atomic E-state index is 10.2. The fourth-order valence-electron chi connectivity index (χ4n) is 0.310. The third-order valence-electron chi connectivity index (χ3n) is 0.634. The second-order valence-corrected chi connectivity index (χ2v) is 1.73. The summed E-state index contributed by atoms with van der Waals surface area (Å²) in [7, 11) is 0. The summed E-state index contributed by atoms with van der Waals surface area (Å²) in [6, 6.07) is 0. The van der Waals surface area contributed by atoms with Gasteiger partial charge in [-0.15, -0.1) is 18.0 Å². The van der Waals surface area contributed by atoms with Gasteiger partial charge in [0, 0.05) is 6.92 Å². The fraction of sp³-hybridized carbons (Fsp3) is 0.500. The van der Waals surface area contributed by atoms with Crippen molar-refractivity contribution in [3.63, 3.8) is 0 Å². The van der Waals surface area contributed by atoms with Crippen molar-refractivity contribution in [2.75, 3.05) is 5.88 Å². The predicted octanol–water partition coefficient (Wildman–Crippen LogP) is 0.790. The number of carbonyl (C=O) groups excluding carboxylic acids is 1. The normalized spacial score (nSPS) is 11.7. The molecular formula is C6H7ClO2. The first-order valence-electron chi connectivity index (χ1n) is 2.40. The second-order valence-electron chi connectivity index (χ2n) is 1.42. The first-order chi connectivity index (χ1) is 4.20. The SMILES string of the molecule is C#CC(CCl)OC(C)=O. The van der Waals surface area contributed by atoms with Crippen molar-refractivity contribution in [2.24, 2.45) is 0 Å². The van der Waals surface area contributed by atoms with Crippen molar-refractivity contribution in [3.8, 4) is 12.3 Å². The first kappa shape index (κ1) is 8.32. The Bertz CT molecular complexity index is 136. The molecule has 0 amide bonds. The number of halogens is 1. The zero-order valence-corrected chi connectivity index (χ0v) is 5.81. The van der Waals surface area contributed by atoms with E-state index in [0.29, 0.717) is 0 Å². The molecule has 0 saturated heterocycles. The molecule has 50 valence electrons. The second kappa shape index (κ2) is 4.22. The summed E-state index contributed by atoms with van der Waals surface area (Å²) in [5.74, 6) is 1.95. The summed E-state index contributed by atoms with van der Waals surface area (Å²) in [4.78, 5) is 10.2. The van der Waals surface area contributed by atoms with Crippen molar-refractivity contribution in [2.45, 2.75) is 13.0 Å². The van der Waals surface area contributed by atoms with Crippen LogP contribution in [0.1, 0.15) is 6.92 Å². The van der Waals surface area contributed by atoms with Gasteiger partial charge in [0.1, 0.15) is 0 Å². The monoisotopic (exact) mass is 146 g/mol. The van der Waals surface area contributed by atoms with Gasteiger partial charge >= 0.3 is 5.97 Å². The molecule has 0 aliphatic carbocycles. The Morgan fingerprint density at radius 2 is 2.56 bits per heavy atom. The van der Waals surface area contributed by atoms with E-state index in [9.17, 15) is 4.79 Å². The minimum atomic E-state index is -0.579. The minimum absolute atomic E-state index is 0.149. The number of esters is 1. The van der Waals surface area contributed by atoms with Crippen molar-refractivity contribution in [1.82, 2.24) is 0 Å². The molecular weight excluding hydrogens is 140 g/mol. The Kier molecular flexibility index (Phi) is 3.90. The van der Waals surface area contributed by atoms with Crippen LogP contribution < -0.4 is 0 Å². The van der Waals surface area contributed by atoms with Gasteiger partial charge in [0.05, 0.1) is 5.88 Å². The van der Waals surface area contributed by atoms with Gasteiger partial charge in [-0.1, -0.05) is 5.92 Å². The topological polar surface area (TPSA) is 26.3 Å². The highest BCUT2D eigenvalue weighted by Crippen LogP contribution is 1.92. The van der Waals surface area contributed by atoms with E-state index >= 15 is 0 Å². The van der Waals surface area contributed by atoms with Gasteiger partial charge in [-0.25, -0.2) is 0 Å². The molecule has 0 heterocycles. The Labute approximate surface area is 59.1 Å². The highest BCUT2D eigenvalue weighted by atomic mass is 35.5. The molecule has 0 saturated carbocycles. The lowest BCUT2D eigenvalue weighted by atomic mass is 10.4. The number of hydrogen-bond acceptors (Lipinski definition) is 2. The number of alkyl halides is 1. The third-order valence-corrected chi connectivity index (χ3v) is 0.915. The van der Waals surface area contributed by atoms with Crippen LogP contribution in [0, 0.1) is 12.3 Å². The average molecular weight is 147 g/mol. The molecule has 3 heteroatoms. The molecule has 0 aromatic carbocycles. The maximum absolute atomic E-state index is 10.2. The average Bonchev–Trinajstić information content (AvgIpc) is 1.82. The molecule has 2 nitrogen and oxygen atoms in total. The standard InChI is InChI=1S/C6H7ClO2/c1-3-6(4-7)9-5(2)8/h1,6H,4H2,2H3. The van der Waals surface area contributed by atoms with E-state index < -0.39 is 12.1 Å². The van der Waals surface area contributed by atoms with Gasteiger partial charge in [0.2, 0.25) is 0 Å². The highest BCUT2D eigenvalue weighted by molar-refractivity contribution is 6.18. The molecule has 0 fully saturated rings. The number of carbonyl (C=O) groups is 1. The first-order valence-corrected chi connectivity index (χ1v) is 2.93. The van der Waals surface area contributed by atoms with Crippen LogP contribution in [0.2, 0.25) is 0 Å². The summed E-state index contributed by atoms with van der Waals surface area (Å²) in [5, 5.41) is 0. The molecule has 0 N–H and O–H groups in total. The third kappa shape index (κ3) is 3.87. The lowest BCUT2D eigenvalue weighted by molar-refractivity contribution is -0.142. The smallest absolute Gasteiger partial charge is 0.303 e. The van der Waals surface area contributed by atoms with Gasteiger partial charge in [0.15, 0.2) is 6.10 Å². The molecule has 0 spiro atoms. The number of ether oxygens (including phenoxy) is 1. The minimum Gasteiger partial charge on any atom is -0.448 e. The predicted molar refractivity (Wildman–Crippen MR) is 35.1 cm³/mol. The summed E-state index contributed by atoms with van der Waals surface area (Å²) >= 11 is 5.29. The van der Waals surface area contributed by atoms with Gasteiger partial charge in [-0.3, -0.25) is 4.79 Å². The van der Waals surface area contributed by atoms with Crippen LogP contribution in [-0.4, -0.2) is 18.0 Å². The van der Waals surface area contributed by atoms with Crippen molar-refractivity contribution < 1.29 is 9.53 Å².